The lowest BCUT2D eigenvalue weighted by molar-refractivity contribution is 1.18. The van der Waals surface area contributed by atoms with E-state index in [0.717, 1.165) is 5.70 Å². The molecule has 0 fully saturated rings. The minimum atomic E-state index is 1.06. The van der Waals surface area contributed by atoms with Crippen molar-refractivity contribution < 1.29 is 0 Å². The zero-order valence-corrected chi connectivity index (χ0v) is 9.64. The molecule has 0 N–H and O–H groups in total. The molecule has 1 nitrogen and oxygen atoms in total. The van der Waals surface area contributed by atoms with Gasteiger partial charge in [-0.25, -0.2) is 0 Å². The van der Waals surface area contributed by atoms with E-state index in [9.17, 15) is 0 Å². The molecule has 0 unspecified atom stereocenters. The average molecular weight is 209 g/mol. The van der Waals surface area contributed by atoms with Crippen molar-refractivity contribution >= 4 is 16.6 Å². The van der Waals surface area contributed by atoms with E-state index >= 15 is 0 Å². The number of fused-ring (bicyclic) bond motifs is 1. The van der Waals surface area contributed by atoms with Crippen LogP contribution in [0.5, 0.6) is 0 Å². The molecule has 2 rings (SSSR count). The summed E-state index contributed by atoms with van der Waals surface area (Å²) in [6, 6.07) is 10.5. The number of hydrogen-bond donors (Lipinski definition) is 0. The third-order valence-electron chi connectivity index (χ3n) is 2.48. The normalized spacial score (nSPS) is 10.6. The van der Waals surface area contributed by atoms with Crippen molar-refractivity contribution in [3.8, 4) is 0 Å². The summed E-state index contributed by atoms with van der Waals surface area (Å²) >= 11 is 0. The van der Waals surface area contributed by atoms with E-state index in [-0.39, 0.29) is 0 Å². The smallest absolute Gasteiger partial charge is 0.0879 e. The number of benzene rings is 1. The molecule has 2 aromatic rings. The lowest BCUT2D eigenvalue weighted by Gasteiger charge is -2.03. The van der Waals surface area contributed by atoms with Crippen LogP contribution < -0.4 is 0 Å². The molecule has 0 aliphatic heterocycles. The molecule has 0 aliphatic carbocycles. The van der Waals surface area contributed by atoms with Gasteiger partial charge in [0.15, 0.2) is 0 Å². The predicted molar refractivity (Wildman–Crippen MR) is 70.2 cm³/mol. The van der Waals surface area contributed by atoms with Gasteiger partial charge in [-0.05, 0) is 43.5 Å². The van der Waals surface area contributed by atoms with Crippen molar-refractivity contribution in [3.05, 3.63) is 60.5 Å². The van der Waals surface area contributed by atoms with E-state index in [4.69, 9.17) is 0 Å². The molecule has 0 saturated carbocycles. The van der Waals surface area contributed by atoms with Gasteiger partial charge >= 0.3 is 0 Å². The van der Waals surface area contributed by atoms with Gasteiger partial charge in [0.25, 0.3) is 0 Å². The molecule has 0 aliphatic rings. The van der Waals surface area contributed by atoms with Crippen LogP contribution in [0.4, 0.5) is 0 Å². The molecule has 1 aromatic heterocycles. The van der Waals surface area contributed by atoms with Crippen molar-refractivity contribution in [1.82, 2.24) is 4.57 Å². The highest BCUT2D eigenvalue weighted by molar-refractivity contribution is 5.84. The molecule has 1 heteroatoms. The zero-order valence-electron chi connectivity index (χ0n) is 9.64. The highest BCUT2D eigenvalue weighted by Gasteiger charge is 2.01. The second-order valence-electron chi connectivity index (χ2n) is 3.56. The van der Waals surface area contributed by atoms with Crippen molar-refractivity contribution in [2.45, 2.75) is 13.8 Å². The number of allylic oxidation sites excluding steroid dienone is 3. The Morgan fingerprint density at radius 3 is 2.75 bits per heavy atom. The van der Waals surface area contributed by atoms with E-state index in [1.165, 1.54) is 10.9 Å². The van der Waals surface area contributed by atoms with E-state index in [1.807, 2.05) is 26.0 Å². The predicted octanol–water partition coefficient (Wildman–Crippen LogP) is 4.23. The minimum Gasteiger partial charge on any atom is -0.310 e. The molecule has 80 valence electrons. The summed E-state index contributed by atoms with van der Waals surface area (Å²) in [6.45, 7) is 4.00. The van der Waals surface area contributed by atoms with E-state index in [1.54, 1.807) is 0 Å². The maximum atomic E-state index is 3.25. The van der Waals surface area contributed by atoms with Crippen LogP contribution >= 0.6 is 0 Å². The van der Waals surface area contributed by atoms with Gasteiger partial charge in [0.2, 0.25) is 0 Å². The first-order valence-electron chi connectivity index (χ1n) is 5.47. The summed E-state index contributed by atoms with van der Waals surface area (Å²) in [5.41, 5.74) is 5.52. The Morgan fingerprint density at radius 2 is 2.00 bits per heavy atom. The Labute approximate surface area is 96.0 Å². The van der Waals surface area contributed by atoms with E-state index < -0.39 is 0 Å². The van der Waals surface area contributed by atoms with Crippen LogP contribution in [0.15, 0.2) is 60.5 Å². The Morgan fingerprint density at radius 1 is 1.19 bits per heavy atom. The van der Waals surface area contributed by atoms with Crippen LogP contribution in [0.3, 0.4) is 0 Å². The second kappa shape index (κ2) is 4.69. The average Bonchev–Trinajstić information content (AvgIpc) is 2.72. The van der Waals surface area contributed by atoms with Crippen LogP contribution in [-0.2, 0) is 0 Å². The number of para-hydroxylation sites is 1. The summed E-state index contributed by atoms with van der Waals surface area (Å²) in [5, 5.41) is 1.25. The zero-order chi connectivity index (χ0) is 11.4. The maximum Gasteiger partial charge on any atom is 0.0879 e. The highest BCUT2D eigenvalue weighted by Crippen LogP contribution is 2.19. The topological polar surface area (TPSA) is 4.93 Å². The van der Waals surface area contributed by atoms with Gasteiger partial charge < -0.3 is 4.57 Å². The number of nitrogens with zero attached hydrogens (tertiary/aromatic N) is 1. The van der Waals surface area contributed by atoms with Crippen molar-refractivity contribution in [2.24, 2.45) is 0 Å². The van der Waals surface area contributed by atoms with Crippen LogP contribution in [0.2, 0.25) is 0 Å². The fourth-order valence-electron chi connectivity index (χ4n) is 1.80. The number of aromatic nitrogens is 1. The monoisotopic (exact) mass is 209 g/mol. The molecule has 0 spiro atoms. The molecule has 1 aromatic carbocycles. The van der Waals surface area contributed by atoms with E-state index in [0.29, 0.717) is 0 Å². The number of rotatable bonds is 2. The number of hydrogen-bond acceptors (Lipinski definition) is 0. The molecule has 0 saturated heterocycles. The van der Waals surface area contributed by atoms with Gasteiger partial charge in [-0.2, -0.15) is 0 Å². The van der Waals surface area contributed by atoms with Crippen molar-refractivity contribution in [3.63, 3.8) is 0 Å². The van der Waals surface area contributed by atoms with Crippen molar-refractivity contribution in [2.75, 3.05) is 0 Å². The maximum absolute atomic E-state index is 3.25. The fourth-order valence-corrected chi connectivity index (χ4v) is 1.80. The lowest BCUT2D eigenvalue weighted by atomic mass is 10.2. The first-order valence-corrected chi connectivity index (χ1v) is 5.47. The molecule has 1 heterocycles. The largest absolute Gasteiger partial charge is 0.310 e. The van der Waals surface area contributed by atoms with Crippen molar-refractivity contribution in [1.29, 1.82) is 0 Å². The fraction of sp³-hybridized carbons (Fsp3) is 0.133. The van der Waals surface area contributed by atoms with Gasteiger partial charge in [-0.15, -0.1) is 0 Å². The Kier molecular flexibility index (Phi) is 3.09. The quantitative estimate of drug-likeness (QED) is 0.515. The van der Waals surface area contributed by atoms with E-state index in [2.05, 4.69) is 52.9 Å². The van der Waals surface area contributed by atoms with Gasteiger partial charge in [0, 0.05) is 6.20 Å². The molecule has 0 amide bonds. The highest BCUT2D eigenvalue weighted by atomic mass is 15.0. The standard InChI is InChI=1S/C15H15N/c1-3-7-14(8-4-2)16-12-11-13-9-5-6-10-15(13)16/h3-7,9-12H,1-2H3/b7-3-. The third kappa shape index (κ3) is 1.86. The van der Waals surface area contributed by atoms with Gasteiger partial charge in [0.1, 0.15) is 0 Å². The van der Waals surface area contributed by atoms with Crippen LogP contribution in [0.25, 0.3) is 16.6 Å². The molecule has 0 bridgehead atoms. The molecule has 16 heavy (non-hydrogen) atoms. The summed E-state index contributed by atoms with van der Waals surface area (Å²) in [7, 11) is 0. The van der Waals surface area contributed by atoms with Crippen LogP contribution in [-0.4, -0.2) is 4.57 Å². The van der Waals surface area contributed by atoms with Crippen LogP contribution in [0, 0.1) is 0 Å². The van der Waals surface area contributed by atoms with Gasteiger partial charge in [0.05, 0.1) is 11.2 Å². The molecule has 0 atom stereocenters. The minimum absolute atomic E-state index is 1.06. The lowest BCUT2D eigenvalue weighted by Crippen LogP contribution is -1.90. The molecular formula is C15H15N. The molecular weight excluding hydrogens is 194 g/mol. The Bertz CT molecular complexity index is 578. The van der Waals surface area contributed by atoms with Gasteiger partial charge in [-0.3, -0.25) is 0 Å². The Hall–Kier alpha value is -1.98. The second-order valence-corrected chi connectivity index (χ2v) is 3.56. The summed E-state index contributed by atoms with van der Waals surface area (Å²) in [6.07, 6.45) is 8.10. The van der Waals surface area contributed by atoms with Gasteiger partial charge in [-0.1, -0.05) is 30.0 Å². The first-order chi connectivity index (χ1) is 7.86. The SMILES string of the molecule is CC=C=C(/C=C\C)n1ccc2ccccc21. The summed E-state index contributed by atoms with van der Waals surface area (Å²) < 4.78 is 2.15. The Balaban J connectivity index is 2.67. The molecule has 0 radical (unpaired) electrons. The summed E-state index contributed by atoms with van der Waals surface area (Å²) in [4.78, 5) is 0. The summed E-state index contributed by atoms with van der Waals surface area (Å²) in [5.74, 6) is 0. The third-order valence-corrected chi connectivity index (χ3v) is 2.48. The van der Waals surface area contributed by atoms with Crippen LogP contribution in [0.1, 0.15) is 13.8 Å². The first kappa shape index (κ1) is 10.5.